The Labute approximate surface area is 115 Å². The predicted molar refractivity (Wildman–Crippen MR) is 75.3 cm³/mol. The highest BCUT2D eigenvalue weighted by Gasteiger charge is 2.41. The van der Waals surface area contributed by atoms with Gasteiger partial charge in [0.2, 0.25) is 0 Å². The fraction of sp³-hybridized carbons (Fsp3) is 0.929. The molecule has 5 nitrogen and oxygen atoms in total. The van der Waals surface area contributed by atoms with Crippen LogP contribution in [0, 0.1) is 0 Å². The molecular weight excluding hydrogens is 242 g/mol. The summed E-state index contributed by atoms with van der Waals surface area (Å²) in [7, 11) is 2.14. The van der Waals surface area contributed by atoms with E-state index in [1.54, 1.807) is 0 Å². The predicted octanol–water partition coefficient (Wildman–Crippen LogP) is 0.606. The van der Waals surface area contributed by atoms with E-state index >= 15 is 0 Å². The van der Waals surface area contributed by atoms with Crippen molar-refractivity contribution in [2.75, 3.05) is 26.7 Å². The molecule has 1 heterocycles. The van der Waals surface area contributed by atoms with E-state index in [0.717, 1.165) is 25.9 Å². The van der Waals surface area contributed by atoms with Crippen LogP contribution in [0.2, 0.25) is 0 Å². The molecule has 2 aliphatic rings. The van der Waals surface area contributed by atoms with Crippen molar-refractivity contribution in [2.24, 2.45) is 0 Å². The molecule has 3 atom stereocenters. The van der Waals surface area contributed by atoms with Gasteiger partial charge in [-0.25, -0.2) is 0 Å². The lowest BCUT2D eigenvalue weighted by Crippen LogP contribution is -2.62. The highest BCUT2D eigenvalue weighted by molar-refractivity contribution is 5.78. The Morgan fingerprint density at radius 2 is 1.84 bits per heavy atom. The molecule has 1 aliphatic heterocycles. The van der Waals surface area contributed by atoms with Crippen molar-refractivity contribution in [2.45, 2.75) is 57.3 Å². The van der Waals surface area contributed by atoms with Gasteiger partial charge in [-0.1, -0.05) is 0 Å². The number of hydrogen-bond acceptors (Lipinski definition) is 4. The van der Waals surface area contributed by atoms with Crippen molar-refractivity contribution < 1.29 is 9.90 Å². The van der Waals surface area contributed by atoms with Gasteiger partial charge in [0.25, 0.3) is 0 Å². The van der Waals surface area contributed by atoms with Gasteiger partial charge in [-0.05, 0) is 40.7 Å². The van der Waals surface area contributed by atoms with Crippen molar-refractivity contribution in [3.63, 3.8) is 0 Å². The van der Waals surface area contributed by atoms with Crippen LogP contribution in [0.1, 0.15) is 33.6 Å². The number of rotatable bonds is 5. The second-order valence-corrected chi connectivity index (χ2v) is 6.61. The smallest absolute Gasteiger partial charge is 0.324 e. The Kier molecular flexibility index (Phi) is 4.18. The van der Waals surface area contributed by atoms with Crippen molar-refractivity contribution in [3.8, 4) is 0 Å². The van der Waals surface area contributed by atoms with Crippen LogP contribution in [0.4, 0.5) is 0 Å². The van der Waals surface area contributed by atoms with Gasteiger partial charge < -0.3 is 5.11 Å². The van der Waals surface area contributed by atoms with Gasteiger partial charge in [0, 0.05) is 37.8 Å². The second-order valence-electron chi connectivity index (χ2n) is 6.61. The molecule has 3 unspecified atom stereocenters. The van der Waals surface area contributed by atoms with Crippen molar-refractivity contribution in [1.82, 2.24) is 15.1 Å². The number of likely N-dealkylation sites (N-methyl/N-ethyl adjacent to an activating group) is 1. The average Bonchev–Trinajstić information content (AvgIpc) is 3.09. The lowest BCUT2D eigenvalue weighted by atomic mass is 9.99. The average molecular weight is 269 g/mol. The van der Waals surface area contributed by atoms with Crippen molar-refractivity contribution in [3.05, 3.63) is 0 Å². The summed E-state index contributed by atoms with van der Waals surface area (Å²) in [5.41, 5.74) is -0.823. The molecule has 19 heavy (non-hydrogen) atoms. The van der Waals surface area contributed by atoms with Gasteiger partial charge in [0.1, 0.15) is 5.54 Å². The summed E-state index contributed by atoms with van der Waals surface area (Å²) in [4.78, 5) is 16.2. The number of carboxylic acid groups (broad SMARTS) is 1. The number of nitrogens with one attached hydrogen (secondary N) is 1. The SMILES string of the molecule is CC1CN(CC(C)(NC2CC2)C(=O)O)CC(C)N1C. The number of hydrogen-bond donors (Lipinski definition) is 2. The summed E-state index contributed by atoms with van der Waals surface area (Å²) < 4.78 is 0. The lowest BCUT2D eigenvalue weighted by molar-refractivity contribution is -0.145. The molecule has 0 radical (unpaired) electrons. The van der Waals surface area contributed by atoms with E-state index in [1.807, 2.05) is 6.92 Å². The number of piperazine rings is 1. The maximum Gasteiger partial charge on any atom is 0.324 e. The summed E-state index contributed by atoms with van der Waals surface area (Å²) in [6.07, 6.45) is 2.22. The Morgan fingerprint density at radius 1 is 1.32 bits per heavy atom. The van der Waals surface area contributed by atoms with Crippen LogP contribution < -0.4 is 5.32 Å². The number of nitrogens with zero attached hydrogens (tertiary/aromatic N) is 2. The van der Waals surface area contributed by atoms with Gasteiger partial charge in [-0.15, -0.1) is 0 Å². The minimum atomic E-state index is -0.823. The zero-order valence-electron chi connectivity index (χ0n) is 12.5. The Balaban J connectivity index is 1.98. The quantitative estimate of drug-likeness (QED) is 0.766. The molecule has 0 bridgehead atoms. The molecular formula is C14H27N3O2. The van der Waals surface area contributed by atoms with E-state index < -0.39 is 11.5 Å². The monoisotopic (exact) mass is 269 g/mol. The molecule has 2 fully saturated rings. The van der Waals surface area contributed by atoms with Crippen LogP contribution in [0.5, 0.6) is 0 Å². The van der Waals surface area contributed by atoms with Crippen LogP contribution in [-0.2, 0) is 4.79 Å². The van der Waals surface area contributed by atoms with E-state index in [0.29, 0.717) is 24.7 Å². The van der Waals surface area contributed by atoms with Crippen LogP contribution in [0.25, 0.3) is 0 Å². The minimum absolute atomic E-state index is 0.406. The maximum atomic E-state index is 11.6. The topological polar surface area (TPSA) is 55.8 Å². The summed E-state index contributed by atoms with van der Waals surface area (Å²) in [6, 6.07) is 1.36. The standard InChI is InChI=1S/C14H27N3O2/c1-10-7-17(8-11(2)16(10)4)9-14(3,13(18)19)15-12-5-6-12/h10-12,15H,5-9H2,1-4H3,(H,18,19). The van der Waals surface area contributed by atoms with Gasteiger partial charge in [0.15, 0.2) is 0 Å². The summed E-state index contributed by atoms with van der Waals surface area (Å²) in [5, 5.41) is 12.8. The van der Waals surface area contributed by atoms with Crippen LogP contribution in [0.15, 0.2) is 0 Å². The first-order valence-electron chi connectivity index (χ1n) is 7.27. The van der Waals surface area contributed by atoms with E-state index in [1.165, 1.54) is 0 Å². The Bertz CT molecular complexity index is 334. The molecule has 1 aliphatic carbocycles. The summed E-state index contributed by atoms with van der Waals surface area (Å²) >= 11 is 0. The highest BCUT2D eigenvalue weighted by Crippen LogP contribution is 2.24. The molecule has 1 saturated heterocycles. The molecule has 0 amide bonds. The molecule has 0 aromatic rings. The first-order chi connectivity index (χ1) is 8.82. The third kappa shape index (κ3) is 3.46. The van der Waals surface area contributed by atoms with E-state index in [-0.39, 0.29) is 0 Å². The zero-order valence-corrected chi connectivity index (χ0v) is 12.5. The van der Waals surface area contributed by atoms with E-state index in [9.17, 15) is 9.90 Å². The molecule has 1 saturated carbocycles. The van der Waals surface area contributed by atoms with Crippen molar-refractivity contribution in [1.29, 1.82) is 0 Å². The first-order valence-corrected chi connectivity index (χ1v) is 7.27. The zero-order chi connectivity index (χ0) is 14.2. The summed E-state index contributed by atoms with van der Waals surface area (Å²) in [5.74, 6) is -0.737. The molecule has 2 rings (SSSR count). The normalized spacial score (nSPS) is 33.1. The van der Waals surface area contributed by atoms with E-state index in [4.69, 9.17) is 0 Å². The van der Waals surface area contributed by atoms with Crippen molar-refractivity contribution >= 4 is 5.97 Å². The van der Waals surface area contributed by atoms with Gasteiger partial charge in [-0.2, -0.15) is 0 Å². The number of aliphatic carboxylic acids is 1. The third-order valence-electron chi connectivity index (χ3n) is 4.55. The Hall–Kier alpha value is -0.650. The minimum Gasteiger partial charge on any atom is -0.480 e. The molecule has 5 heteroatoms. The third-order valence-corrected chi connectivity index (χ3v) is 4.55. The van der Waals surface area contributed by atoms with Gasteiger partial charge in [0.05, 0.1) is 0 Å². The van der Waals surface area contributed by atoms with Crippen LogP contribution in [-0.4, -0.2) is 71.2 Å². The van der Waals surface area contributed by atoms with E-state index in [2.05, 4.69) is 36.0 Å². The molecule has 2 N–H and O–H groups in total. The van der Waals surface area contributed by atoms with Gasteiger partial charge in [-0.3, -0.25) is 19.9 Å². The fourth-order valence-corrected chi connectivity index (χ4v) is 2.94. The van der Waals surface area contributed by atoms with Gasteiger partial charge >= 0.3 is 5.97 Å². The fourth-order valence-electron chi connectivity index (χ4n) is 2.94. The molecule has 110 valence electrons. The molecule has 0 aromatic heterocycles. The maximum absolute atomic E-state index is 11.6. The molecule has 0 aromatic carbocycles. The second kappa shape index (κ2) is 5.38. The number of carbonyl (C=O) groups is 1. The first kappa shape index (κ1) is 14.8. The lowest BCUT2D eigenvalue weighted by Gasteiger charge is -2.44. The van der Waals surface area contributed by atoms with Crippen LogP contribution >= 0.6 is 0 Å². The number of carboxylic acids is 1. The summed E-state index contributed by atoms with van der Waals surface area (Å²) in [6.45, 7) is 8.69. The van der Waals surface area contributed by atoms with Crippen LogP contribution in [0.3, 0.4) is 0 Å². The largest absolute Gasteiger partial charge is 0.480 e. The Morgan fingerprint density at radius 3 is 2.26 bits per heavy atom. The molecule has 0 spiro atoms. The highest BCUT2D eigenvalue weighted by atomic mass is 16.4.